The molecule has 174 valence electrons. The van der Waals surface area contributed by atoms with Gasteiger partial charge in [0.1, 0.15) is 19.3 Å². The summed E-state index contributed by atoms with van der Waals surface area (Å²) >= 11 is 0. The Morgan fingerprint density at radius 2 is 0.967 bits per heavy atom. The fourth-order valence-corrected chi connectivity index (χ4v) is 3.10. The van der Waals surface area contributed by atoms with Gasteiger partial charge in [0.2, 0.25) is 0 Å². The number of carbonyl (C=O) groups is 2. The van der Waals surface area contributed by atoms with Crippen molar-refractivity contribution in [1.29, 1.82) is 0 Å². The first-order chi connectivity index (χ1) is 14.6. The Labute approximate surface area is 183 Å². The second-order valence-electron chi connectivity index (χ2n) is 7.92. The summed E-state index contributed by atoms with van der Waals surface area (Å²) in [7, 11) is 0. The number of carbonyl (C=O) groups excluding carboxylic acids is 2. The van der Waals surface area contributed by atoms with E-state index in [9.17, 15) is 14.7 Å². The fourth-order valence-electron chi connectivity index (χ4n) is 3.10. The molecule has 0 aromatic carbocycles. The lowest BCUT2D eigenvalue weighted by atomic mass is 10.1. The van der Waals surface area contributed by atoms with Crippen molar-refractivity contribution in [2.24, 2.45) is 0 Å². The van der Waals surface area contributed by atoms with Gasteiger partial charge in [-0.05, 0) is 38.5 Å². The van der Waals surface area contributed by atoms with E-state index in [1.54, 1.807) is 0 Å². The van der Waals surface area contributed by atoms with Gasteiger partial charge in [0, 0.05) is 12.8 Å². The van der Waals surface area contributed by atoms with Crippen LogP contribution in [0.5, 0.6) is 0 Å². The molecule has 0 aromatic rings. The Balaban J connectivity index is 3.48. The summed E-state index contributed by atoms with van der Waals surface area (Å²) in [4.78, 5) is 23.4. The van der Waals surface area contributed by atoms with Crippen molar-refractivity contribution in [2.75, 3.05) is 13.2 Å². The van der Waals surface area contributed by atoms with E-state index in [0.29, 0.717) is 12.8 Å². The Kier molecular flexibility index (Phi) is 20.9. The average molecular weight is 425 g/mol. The van der Waals surface area contributed by atoms with Gasteiger partial charge in [-0.3, -0.25) is 9.59 Å². The van der Waals surface area contributed by atoms with Crippen LogP contribution in [-0.4, -0.2) is 36.4 Å². The van der Waals surface area contributed by atoms with Crippen LogP contribution in [0.25, 0.3) is 0 Å². The van der Waals surface area contributed by atoms with Crippen LogP contribution in [0.4, 0.5) is 0 Å². The zero-order valence-corrected chi connectivity index (χ0v) is 19.0. The van der Waals surface area contributed by atoms with E-state index in [4.69, 9.17) is 9.47 Å². The first-order valence-electron chi connectivity index (χ1n) is 11.8. The van der Waals surface area contributed by atoms with Crippen molar-refractivity contribution in [1.82, 2.24) is 0 Å². The van der Waals surface area contributed by atoms with E-state index < -0.39 is 6.10 Å². The molecule has 1 N–H and O–H groups in total. The number of unbranched alkanes of at least 4 members (excludes halogenated alkanes) is 12. The van der Waals surface area contributed by atoms with Crippen LogP contribution >= 0.6 is 0 Å². The van der Waals surface area contributed by atoms with Gasteiger partial charge in [-0.25, -0.2) is 0 Å². The monoisotopic (exact) mass is 424 g/mol. The predicted molar refractivity (Wildman–Crippen MR) is 122 cm³/mol. The van der Waals surface area contributed by atoms with Gasteiger partial charge in [0.05, 0.1) is 0 Å². The first-order valence-corrected chi connectivity index (χ1v) is 11.8. The van der Waals surface area contributed by atoms with Crippen molar-refractivity contribution >= 4 is 11.9 Å². The Bertz CT molecular complexity index is 407. The summed E-state index contributed by atoms with van der Waals surface area (Å²) in [6.07, 6.45) is 18.8. The minimum Gasteiger partial charge on any atom is -0.463 e. The lowest BCUT2D eigenvalue weighted by Gasteiger charge is -2.12. The quantitative estimate of drug-likeness (QED) is 0.130. The highest BCUT2D eigenvalue weighted by Gasteiger charge is 2.12. The molecule has 0 atom stereocenters. The van der Waals surface area contributed by atoms with Crippen molar-refractivity contribution in [3.63, 3.8) is 0 Å². The van der Waals surface area contributed by atoms with Crippen molar-refractivity contribution in [3.8, 4) is 0 Å². The SMILES string of the molecule is C=CCCCCCCCCC(=O)OCC(O)COC(=O)CCCCCCCCC=C. The lowest BCUT2D eigenvalue weighted by Crippen LogP contribution is -2.25. The molecular weight excluding hydrogens is 380 g/mol. The number of ether oxygens (including phenoxy) is 2. The highest BCUT2D eigenvalue weighted by atomic mass is 16.6. The van der Waals surface area contributed by atoms with Crippen molar-refractivity contribution < 1.29 is 24.2 Å². The maximum absolute atomic E-state index is 11.7. The van der Waals surface area contributed by atoms with Crippen LogP contribution in [0.15, 0.2) is 25.3 Å². The van der Waals surface area contributed by atoms with E-state index in [0.717, 1.165) is 51.4 Å². The summed E-state index contributed by atoms with van der Waals surface area (Å²) < 4.78 is 10.1. The van der Waals surface area contributed by atoms with Gasteiger partial charge in [0.25, 0.3) is 0 Å². The highest BCUT2D eigenvalue weighted by molar-refractivity contribution is 5.69. The molecule has 0 unspecified atom stereocenters. The number of esters is 2. The molecule has 0 spiro atoms. The van der Waals surface area contributed by atoms with Gasteiger partial charge < -0.3 is 14.6 Å². The van der Waals surface area contributed by atoms with Gasteiger partial charge in [0.15, 0.2) is 0 Å². The van der Waals surface area contributed by atoms with Crippen LogP contribution < -0.4 is 0 Å². The molecule has 0 rings (SSSR count). The molecule has 30 heavy (non-hydrogen) atoms. The third kappa shape index (κ3) is 21.1. The number of hydrogen-bond acceptors (Lipinski definition) is 5. The summed E-state index contributed by atoms with van der Waals surface area (Å²) in [5.41, 5.74) is 0. The summed E-state index contributed by atoms with van der Waals surface area (Å²) in [6, 6.07) is 0. The zero-order valence-electron chi connectivity index (χ0n) is 19.0. The standard InChI is InChI=1S/C25H44O5/c1-3-5-7-9-11-13-15-17-19-24(27)29-21-23(26)22-30-25(28)20-18-16-14-12-10-8-6-4-2/h3-4,23,26H,1-2,5-22H2. The lowest BCUT2D eigenvalue weighted by molar-refractivity contribution is -0.152. The predicted octanol–water partition coefficient (Wildman–Crippen LogP) is 6.05. The molecular formula is C25H44O5. The normalized spacial score (nSPS) is 10.7. The highest BCUT2D eigenvalue weighted by Crippen LogP contribution is 2.10. The van der Waals surface area contributed by atoms with Gasteiger partial charge in [-0.1, -0.05) is 63.5 Å². The maximum Gasteiger partial charge on any atom is 0.305 e. The number of aliphatic hydroxyl groups excluding tert-OH is 1. The van der Waals surface area contributed by atoms with E-state index >= 15 is 0 Å². The minimum absolute atomic E-state index is 0.127. The molecule has 0 fully saturated rings. The third-order valence-electron chi connectivity index (χ3n) is 4.95. The first kappa shape index (κ1) is 28.4. The molecule has 5 nitrogen and oxygen atoms in total. The summed E-state index contributed by atoms with van der Waals surface area (Å²) in [5, 5.41) is 9.80. The Hall–Kier alpha value is -1.62. The summed E-state index contributed by atoms with van der Waals surface area (Å²) in [6.45, 7) is 7.16. The van der Waals surface area contributed by atoms with Crippen LogP contribution in [0.1, 0.15) is 103 Å². The van der Waals surface area contributed by atoms with Crippen LogP contribution in [-0.2, 0) is 19.1 Å². The number of aliphatic hydroxyl groups is 1. The Morgan fingerprint density at radius 3 is 1.33 bits per heavy atom. The number of allylic oxidation sites excluding steroid dienone is 2. The van der Waals surface area contributed by atoms with Crippen LogP contribution in [0.2, 0.25) is 0 Å². The molecule has 0 aliphatic heterocycles. The van der Waals surface area contributed by atoms with E-state index in [2.05, 4.69) is 13.2 Å². The van der Waals surface area contributed by atoms with Gasteiger partial charge in [-0.15, -0.1) is 13.2 Å². The molecule has 0 aliphatic rings. The van der Waals surface area contributed by atoms with E-state index in [1.807, 2.05) is 12.2 Å². The molecule has 0 saturated carbocycles. The molecule has 0 aliphatic carbocycles. The van der Waals surface area contributed by atoms with Crippen molar-refractivity contribution in [2.45, 2.75) is 109 Å². The van der Waals surface area contributed by atoms with E-state index in [1.165, 1.54) is 38.5 Å². The number of rotatable bonds is 22. The van der Waals surface area contributed by atoms with Gasteiger partial charge in [-0.2, -0.15) is 0 Å². The molecule has 0 aromatic heterocycles. The maximum atomic E-state index is 11.7. The molecule has 0 amide bonds. The molecule has 5 heteroatoms. The molecule has 0 saturated heterocycles. The smallest absolute Gasteiger partial charge is 0.305 e. The summed E-state index contributed by atoms with van der Waals surface area (Å²) in [5.74, 6) is -0.611. The molecule has 0 radical (unpaired) electrons. The fraction of sp³-hybridized carbons (Fsp3) is 0.760. The van der Waals surface area contributed by atoms with E-state index in [-0.39, 0.29) is 25.2 Å². The molecule has 0 heterocycles. The number of hydrogen-bond donors (Lipinski definition) is 1. The average Bonchev–Trinajstić information content (AvgIpc) is 2.74. The minimum atomic E-state index is -0.965. The Morgan fingerprint density at radius 1 is 0.633 bits per heavy atom. The van der Waals surface area contributed by atoms with Crippen molar-refractivity contribution in [3.05, 3.63) is 25.3 Å². The van der Waals surface area contributed by atoms with Gasteiger partial charge >= 0.3 is 11.9 Å². The molecule has 0 bridgehead atoms. The van der Waals surface area contributed by atoms with Crippen LogP contribution in [0, 0.1) is 0 Å². The second kappa shape index (κ2) is 22.1. The topological polar surface area (TPSA) is 72.8 Å². The largest absolute Gasteiger partial charge is 0.463 e. The second-order valence-corrected chi connectivity index (χ2v) is 7.92. The zero-order chi connectivity index (χ0) is 22.3. The van der Waals surface area contributed by atoms with Crippen LogP contribution in [0.3, 0.4) is 0 Å². The third-order valence-corrected chi connectivity index (χ3v) is 4.95.